The zero-order valence-electron chi connectivity index (χ0n) is 15.1. The Morgan fingerprint density at radius 2 is 2.04 bits per heavy atom. The van der Waals surface area contributed by atoms with E-state index < -0.39 is 5.54 Å². The van der Waals surface area contributed by atoms with Gasteiger partial charge in [-0.05, 0) is 37.8 Å². The Labute approximate surface area is 152 Å². The largest absolute Gasteiger partial charge is 0.496 e. The van der Waals surface area contributed by atoms with Crippen molar-refractivity contribution >= 4 is 11.9 Å². The molecule has 2 aliphatic rings. The van der Waals surface area contributed by atoms with Gasteiger partial charge in [0.15, 0.2) is 0 Å². The number of aryl methyl sites for hydroxylation is 2. The predicted octanol–water partition coefficient (Wildman–Crippen LogP) is 2.60. The van der Waals surface area contributed by atoms with Crippen molar-refractivity contribution in [3.8, 4) is 5.75 Å². The molecule has 3 amide bonds. The molecule has 134 valence electrons. The quantitative estimate of drug-likeness (QED) is 0.863. The highest BCUT2D eigenvalue weighted by molar-refractivity contribution is 6.08. The summed E-state index contributed by atoms with van der Waals surface area (Å²) >= 11 is 0. The van der Waals surface area contributed by atoms with Gasteiger partial charge >= 0.3 is 6.03 Å². The van der Waals surface area contributed by atoms with Gasteiger partial charge in [-0.2, -0.15) is 0 Å². The Morgan fingerprint density at radius 1 is 1.27 bits per heavy atom. The summed E-state index contributed by atoms with van der Waals surface area (Å²) in [4.78, 5) is 31.5. The maximum Gasteiger partial charge on any atom is 0.325 e. The number of aromatic nitrogens is 1. The number of carbonyl (C=O) groups is 2. The molecular formula is C20H21N3O3. The van der Waals surface area contributed by atoms with Gasteiger partial charge in [-0.3, -0.25) is 14.7 Å². The fraction of sp³-hybridized carbons (Fsp3) is 0.350. The highest BCUT2D eigenvalue weighted by Crippen LogP contribution is 2.41. The second-order valence-electron chi connectivity index (χ2n) is 6.93. The molecule has 26 heavy (non-hydrogen) atoms. The molecular weight excluding hydrogens is 330 g/mol. The third kappa shape index (κ3) is 2.21. The van der Waals surface area contributed by atoms with Gasteiger partial charge in [0.25, 0.3) is 5.91 Å². The topological polar surface area (TPSA) is 71.5 Å². The highest BCUT2D eigenvalue weighted by Gasteiger charge is 2.55. The van der Waals surface area contributed by atoms with Gasteiger partial charge in [0.2, 0.25) is 0 Å². The number of nitrogens with one attached hydrogen (secondary N) is 1. The molecule has 1 unspecified atom stereocenters. The molecule has 1 aromatic heterocycles. The Hall–Kier alpha value is -2.89. The fourth-order valence-corrected chi connectivity index (χ4v) is 4.11. The smallest absolute Gasteiger partial charge is 0.325 e. The number of hydrogen-bond donors (Lipinski definition) is 1. The predicted molar refractivity (Wildman–Crippen MR) is 95.8 cm³/mol. The van der Waals surface area contributed by atoms with Gasteiger partial charge in [-0.1, -0.05) is 24.3 Å². The van der Waals surface area contributed by atoms with Crippen molar-refractivity contribution in [3.05, 3.63) is 58.4 Å². The first-order chi connectivity index (χ1) is 12.5. The van der Waals surface area contributed by atoms with Crippen LogP contribution in [0.2, 0.25) is 0 Å². The monoisotopic (exact) mass is 351 g/mol. The van der Waals surface area contributed by atoms with Crippen LogP contribution in [0.5, 0.6) is 5.75 Å². The van der Waals surface area contributed by atoms with E-state index in [0.29, 0.717) is 12.1 Å². The molecule has 2 aromatic rings. The van der Waals surface area contributed by atoms with Crippen LogP contribution >= 0.6 is 0 Å². The molecule has 4 rings (SSSR count). The first-order valence-electron chi connectivity index (χ1n) is 8.69. The third-order valence-corrected chi connectivity index (χ3v) is 5.48. The van der Waals surface area contributed by atoms with Crippen LogP contribution in [0.25, 0.3) is 0 Å². The maximum absolute atomic E-state index is 13.2. The summed E-state index contributed by atoms with van der Waals surface area (Å²) in [6.45, 7) is 3.95. The first kappa shape index (κ1) is 16.6. The highest BCUT2D eigenvalue weighted by atomic mass is 16.5. The number of carbonyl (C=O) groups excluding carboxylic acids is 2. The van der Waals surface area contributed by atoms with E-state index in [0.717, 1.165) is 34.4 Å². The second kappa shape index (κ2) is 5.83. The zero-order valence-corrected chi connectivity index (χ0v) is 15.1. The maximum atomic E-state index is 13.2. The number of methoxy groups -OCH3 is 1. The standard InChI is InChI=1S/C20H21N3O3/c1-12-10-21-16(13(2)17(12)26-3)11-23-18(24)20(22-19(23)25)9-8-14-6-4-5-7-15(14)20/h4-7,10H,8-9,11H2,1-3H3,(H,22,25). The van der Waals surface area contributed by atoms with Crippen LogP contribution in [0.4, 0.5) is 4.79 Å². The van der Waals surface area contributed by atoms with Crippen molar-refractivity contribution in [2.24, 2.45) is 0 Å². The normalized spacial score (nSPS) is 21.3. The van der Waals surface area contributed by atoms with Crippen LogP contribution in [0, 0.1) is 13.8 Å². The van der Waals surface area contributed by atoms with Gasteiger partial charge in [0.1, 0.15) is 11.3 Å². The molecule has 1 atom stereocenters. The SMILES string of the molecule is COc1c(C)cnc(CN2C(=O)NC3(CCc4ccccc43)C2=O)c1C. The molecule has 1 aromatic carbocycles. The number of amides is 3. The van der Waals surface area contributed by atoms with Crippen LogP contribution in [-0.2, 0) is 23.3 Å². The Morgan fingerprint density at radius 3 is 2.81 bits per heavy atom. The summed E-state index contributed by atoms with van der Waals surface area (Å²) in [5.41, 5.74) is 3.53. The molecule has 0 bridgehead atoms. The Bertz CT molecular complexity index is 925. The van der Waals surface area contributed by atoms with E-state index in [1.165, 1.54) is 4.90 Å². The van der Waals surface area contributed by atoms with E-state index in [-0.39, 0.29) is 18.5 Å². The lowest BCUT2D eigenvalue weighted by Crippen LogP contribution is -2.41. The molecule has 1 spiro atoms. The van der Waals surface area contributed by atoms with Crippen molar-refractivity contribution in [3.63, 3.8) is 0 Å². The third-order valence-electron chi connectivity index (χ3n) is 5.48. The lowest BCUT2D eigenvalue weighted by molar-refractivity contribution is -0.132. The summed E-state index contributed by atoms with van der Waals surface area (Å²) in [6.07, 6.45) is 3.09. The number of pyridine rings is 1. The van der Waals surface area contributed by atoms with E-state index in [2.05, 4.69) is 10.3 Å². The van der Waals surface area contributed by atoms with E-state index in [4.69, 9.17) is 4.74 Å². The van der Waals surface area contributed by atoms with Crippen molar-refractivity contribution in [2.75, 3.05) is 7.11 Å². The average Bonchev–Trinajstić information content (AvgIpc) is 3.11. The lowest BCUT2D eigenvalue weighted by atomic mass is 9.92. The second-order valence-corrected chi connectivity index (χ2v) is 6.93. The number of benzene rings is 1. The fourth-order valence-electron chi connectivity index (χ4n) is 4.11. The van der Waals surface area contributed by atoms with E-state index in [1.807, 2.05) is 38.1 Å². The van der Waals surface area contributed by atoms with Crippen LogP contribution in [0.3, 0.4) is 0 Å². The summed E-state index contributed by atoms with van der Waals surface area (Å²) in [7, 11) is 1.61. The molecule has 0 saturated carbocycles. The summed E-state index contributed by atoms with van der Waals surface area (Å²) in [5.74, 6) is 0.538. The minimum atomic E-state index is -0.934. The molecule has 0 radical (unpaired) electrons. The zero-order chi connectivity index (χ0) is 18.5. The minimum absolute atomic E-state index is 0.136. The summed E-state index contributed by atoms with van der Waals surface area (Å²) in [6, 6.07) is 7.45. The van der Waals surface area contributed by atoms with Crippen LogP contribution in [0.1, 0.15) is 34.4 Å². The van der Waals surface area contributed by atoms with Crippen molar-refractivity contribution in [1.82, 2.24) is 15.2 Å². The van der Waals surface area contributed by atoms with Gasteiger partial charge in [-0.25, -0.2) is 4.79 Å². The van der Waals surface area contributed by atoms with E-state index in [1.54, 1.807) is 13.3 Å². The van der Waals surface area contributed by atoms with E-state index in [9.17, 15) is 9.59 Å². The number of rotatable bonds is 3. The Kier molecular flexibility index (Phi) is 3.72. The van der Waals surface area contributed by atoms with Crippen LogP contribution < -0.4 is 10.1 Å². The van der Waals surface area contributed by atoms with Gasteiger partial charge in [-0.15, -0.1) is 0 Å². The van der Waals surface area contributed by atoms with Gasteiger partial charge < -0.3 is 10.1 Å². The number of ether oxygens (including phenoxy) is 1. The van der Waals surface area contributed by atoms with Crippen molar-refractivity contribution < 1.29 is 14.3 Å². The number of hydrogen-bond acceptors (Lipinski definition) is 4. The number of urea groups is 1. The molecule has 1 aliphatic heterocycles. The molecule has 1 N–H and O–H groups in total. The number of fused-ring (bicyclic) bond motifs is 2. The Balaban J connectivity index is 1.68. The molecule has 2 heterocycles. The summed E-state index contributed by atoms with van der Waals surface area (Å²) in [5, 5.41) is 2.94. The minimum Gasteiger partial charge on any atom is -0.496 e. The molecule has 6 heteroatoms. The molecule has 1 aliphatic carbocycles. The average molecular weight is 351 g/mol. The lowest BCUT2D eigenvalue weighted by Gasteiger charge is -2.22. The van der Waals surface area contributed by atoms with Crippen LogP contribution in [0.15, 0.2) is 30.5 Å². The van der Waals surface area contributed by atoms with Crippen molar-refractivity contribution in [2.45, 2.75) is 38.8 Å². The van der Waals surface area contributed by atoms with Crippen molar-refractivity contribution in [1.29, 1.82) is 0 Å². The van der Waals surface area contributed by atoms with Gasteiger partial charge in [0.05, 0.1) is 19.3 Å². The molecule has 1 fully saturated rings. The number of nitrogens with zero attached hydrogens (tertiary/aromatic N) is 2. The molecule has 6 nitrogen and oxygen atoms in total. The summed E-state index contributed by atoms with van der Waals surface area (Å²) < 4.78 is 5.43. The van der Waals surface area contributed by atoms with E-state index >= 15 is 0 Å². The van der Waals surface area contributed by atoms with Gasteiger partial charge in [0, 0.05) is 17.3 Å². The number of imide groups is 1. The van der Waals surface area contributed by atoms with Crippen LogP contribution in [-0.4, -0.2) is 28.9 Å². The first-order valence-corrected chi connectivity index (χ1v) is 8.69. The molecule has 1 saturated heterocycles.